The topological polar surface area (TPSA) is 29.4 Å². The Kier molecular flexibility index (Phi) is 2.22. The fourth-order valence-electron chi connectivity index (χ4n) is 2.05. The second kappa shape index (κ2) is 3.12. The van der Waals surface area contributed by atoms with Gasteiger partial charge in [-0.15, -0.1) is 0 Å². The summed E-state index contributed by atoms with van der Waals surface area (Å²) in [4.78, 5) is 16.1. The molecular formula is C10H15NOS. The van der Waals surface area contributed by atoms with E-state index in [0.717, 1.165) is 18.7 Å². The van der Waals surface area contributed by atoms with Crippen molar-refractivity contribution in [2.45, 2.75) is 26.7 Å². The molecule has 13 heavy (non-hydrogen) atoms. The van der Waals surface area contributed by atoms with Gasteiger partial charge in [0.15, 0.2) is 5.12 Å². The molecule has 1 saturated heterocycles. The zero-order valence-corrected chi connectivity index (χ0v) is 8.99. The number of nitrogens with zero attached hydrogens (tertiary/aromatic N) is 1. The summed E-state index contributed by atoms with van der Waals surface area (Å²) in [5.74, 6) is 1.36. The average molecular weight is 197 g/mol. The molecule has 0 aromatic rings. The molecule has 3 heteroatoms. The fraction of sp³-hybridized carbons (Fsp3) is 0.800. The van der Waals surface area contributed by atoms with Crippen molar-refractivity contribution in [3.63, 3.8) is 0 Å². The largest absolute Gasteiger partial charge is 0.294 e. The van der Waals surface area contributed by atoms with Gasteiger partial charge < -0.3 is 0 Å². The van der Waals surface area contributed by atoms with Crippen molar-refractivity contribution in [1.29, 1.82) is 0 Å². The predicted molar refractivity (Wildman–Crippen MR) is 56.3 cm³/mol. The van der Waals surface area contributed by atoms with E-state index in [1.165, 1.54) is 23.9 Å². The van der Waals surface area contributed by atoms with Crippen molar-refractivity contribution >= 4 is 22.6 Å². The van der Waals surface area contributed by atoms with Crippen LogP contribution < -0.4 is 0 Å². The molecule has 2 nitrogen and oxygen atoms in total. The number of hydrogen-bond donors (Lipinski definition) is 0. The highest BCUT2D eigenvalue weighted by Gasteiger charge is 2.45. The maximum atomic E-state index is 11.6. The van der Waals surface area contributed by atoms with Crippen LogP contribution in [0.25, 0.3) is 0 Å². The molecule has 2 aliphatic heterocycles. The molecule has 0 amide bonds. The third kappa shape index (κ3) is 1.43. The van der Waals surface area contributed by atoms with Crippen LogP contribution in [-0.2, 0) is 4.79 Å². The van der Waals surface area contributed by atoms with Crippen LogP contribution in [0.2, 0.25) is 0 Å². The maximum absolute atomic E-state index is 11.6. The monoisotopic (exact) mass is 197 g/mol. The predicted octanol–water partition coefficient (Wildman–Crippen LogP) is 2.14. The van der Waals surface area contributed by atoms with Gasteiger partial charge in [-0.25, -0.2) is 0 Å². The highest BCUT2D eigenvalue weighted by atomic mass is 32.2. The lowest BCUT2D eigenvalue weighted by Crippen LogP contribution is -2.31. The van der Waals surface area contributed by atoms with Crippen LogP contribution in [0.15, 0.2) is 4.99 Å². The Hall–Kier alpha value is -0.310. The van der Waals surface area contributed by atoms with Crippen molar-refractivity contribution in [3.8, 4) is 0 Å². The van der Waals surface area contributed by atoms with Gasteiger partial charge in [0.05, 0.1) is 0 Å². The zero-order valence-electron chi connectivity index (χ0n) is 8.17. The molecule has 2 rings (SSSR count). The maximum Gasteiger partial charge on any atom is 0.195 e. The summed E-state index contributed by atoms with van der Waals surface area (Å²) in [5, 5.41) is 0.340. The van der Waals surface area contributed by atoms with E-state index in [2.05, 4.69) is 18.8 Å². The van der Waals surface area contributed by atoms with Gasteiger partial charge in [0, 0.05) is 29.3 Å². The van der Waals surface area contributed by atoms with Crippen LogP contribution in [0.5, 0.6) is 0 Å². The molecule has 72 valence electrons. The van der Waals surface area contributed by atoms with Crippen LogP contribution in [0.4, 0.5) is 0 Å². The van der Waals surface area contributed by atoms with Crippen LogP contribution in [0.1, 0.15) is 26.7 Å². The molecule has 0 saturated carbocycles. The molecule has 0 aliphatic carbocycles. The molecule has 0 spiro atoms. The summed E-state index contributed by atoms with van der Waals surface area (Å²) >= 11 is 1.48. The number of thioether (sulfide) groups is 1. The van der Waals surface area contributed by atoms with E-state index in [1.54, 1.807) is 0 Å². The Labute approximate surface area is 83.2 Å². The third-order valence-corrected chi connectivity index (χ3v) is 4.37. The standard InChI is InChI=1S/C10H15NOS/c1-10(2)7(6-13-9(10)12)8-4-3-5-11-8/h7H,3-6H2,1-2H3/t7-/m1/s1. The van der Waals surface area contributed by atoms with E-state index in [9.17, 15) is 4.79 Å². The Morgan fingerprint density at radius 3 is 2.77 bits per heavy atom. The molecule has 0 unspecified atom stereocenters. The SMILES string of the molecule is CC1(C)C(=O)SC[C@@H]1C1=NCCC1. The third-order valence-electron chi connectivity index (χ3n) is 3.09. The Morgan fingerprint density at radius 2 is 2.31 bits per heavy atom. The van der Waals surface area contributed by atoms with Gasteiger partial charge in [0.25, 0.3) is 0 Å². The lowest BCUT2D eigenvalue weighted by Gasteiger charge is -2.24. The van der Waals surface area contributed by atoms with E-state index in [0.29, 0.717) is 11.0 Å². The summed E-state index contributed by atoms with van der Waals surface area (Å²) in [6.45, 7) is 5.09. The molecule has 0 aromatic carbocycles. The van der Waals surface area contributed by atoms with E-state index < -0.39 is 0 Å². The summed E-state index contributed by atoms with van der Waals surface area (Å²) in [5.41, 5.74) is 1.12. The zero-order chi connectivity index (χ0) is 9.47. The molecule has 2 heterocycles. The molecule has 2 aliphatic rings. The number of carbonyl (C=O) groups is 1. The van der Waals surface area contributed by atoms with Crippen molar-refractivity contribution in [2.24, 2.45) is 16.3 Å². The first-order valence-corrected chi connectivity index (χ1v) is 5.81. The van der Waals surface area contributed by atoms with E-state index >= 15 is 0 Å². The molecule has 0 N–H and O–H groups in total. The van der Waals surface area contributed by atoms with Gasteiger partial charge in [-0.3, -0.25) is 9.79 Å². The number of hydrogen-bond acceptors (Lipinski definition) is 3. The summed E-state index contributed by atoms with van der Waals surface area (Å²) in [6.07, 6.45) is 2.29. The van der Waals surface area contributed by atoms with Crippen molar-refractivity contribution in [3.05, 3.63) is 0 Å². The first-order valence-electron chi connectivity index (χ1n) is 4.83. The lowest BCUT2D eigenvalue weighted by atomic mass is 9.78. The smallest absolute Gasteiger partial charge is 0.195 e. The number of aliphatic imine (C=N–C) groups is 1. The Balaban J connectivity index is 2.20. The van der Waals surface area contributed by atoms with Crippen molar-refractivity contribution in [1.82, 2.24) is 0 Å². The quantitative estimate of drug-likeness (QED) is 0.644. The van der Waals surface area contributed by atoms with Crippen molar-refractivity contribution in [2.75, 3.05) is 12.3 Å². The van der Waals surface area contributed by atoms with Gasteiger partial charge in [-0.2, -0.15) is 0 Å². The van der Waals surface area contributed by atoms with Crippen LogP contribution >= 0.6 is 11.8 Å². The van der Waals surface area contributed by atoms with E-state index in [4.69, 9.17) is 0 Å². The summed E-state index contributed by atoms with van der Waals surface area (Å²) in [7, 11) is 0. The second-order valence-electron chi connectivity index (χ2n) is 4.35. The normalized spacial score (nSPS) is 32.3. The average Bonchev–Trinajstić information content (AvgIpc) is 2.62. The van der Waals surface area contributed by atoms with Gasteiger partial charge in [-0.05, 0) is 12.8 Å². The van der Waals surface area contributed by atoms with Crippen molar-refractivity contribution < 1.29 is 4.79 Å². The van der Waals surface area contributed by atoms with Crippen LogP contribution in [0.3, 0.4) is 0 Å². The Morgan fingerprint density at radius 1 is 1.54 bits per heavy atom. The summed E-state index contributed by atoms with van der Waals surface area (Å²) in [6, 6.07) is 0. The lowest BCUT2D eigenvalue weighted by molar-refractivity contribution is -0.118. The van der Waals surface area contributed by atoms with Gasteiger partial charge in [0.2, 0.25) is 0 Å². The van der Waals surface area contributed by atoms with E-state index in [1.807, 2.05) is 0 Å². The molecule has 0 bridgehead atoms. The Bertz CT molecular complexity index is 270. The van der Waals surface area contributed by atoms with Crippen LogP contribution in [0, 0.1) is 11.3 Å². The van der Waals surface area contributed by atoms with Gasteiger partial charge >= 0.3 is 0 Å². The number of rotatable bonds is 1. The minimum absolute atomic E-state index is 0.173. The minimum Gasteiger partial charge on any atom is -0.294 e. The highest BCUT2D eigenvalue weighted by molar-refractivity contribution is 8.14. The molecule has 0 aromatic heterocycles. The van der Waals surface area contributed by atoms with E-state index in [-0.39, 0.29) is 5.41 Å². The first kappa shape index (κ1) is 9.25. The second-order valence-corrected chi connectivity index (χ2v) is 5.34. The molecule has 1 atom stereocenters. The first-order chi connectivity index (χ1) is 6.12. The van der Waals surface area contributed by atoms with Gasteiger partial charge in [-0.1, -0.05) is 25.6 Å². The molecule has 1 fully saturated rings. The molecule has 0 radical (unpaired) electrons. The fourth-order valence-corrected chi connectivity index (χ4v) is 3.50. The highest BCUT2D eigenvalue weighted by Crippen LogP contribution is 2.43. The van der Waals surface area contributed by atoms with Crippen LogP contribution in [-0.4, -0.2) is 23.1 Å². The van der Waals surface area contributed by atoms with Gasteiger partial charge in [0.1, 0.15) is 0 Å². The minimum atomic E-state index is -0.173. The number of carbonyl (C=O) groups excluding carboxylic acids is 1. The summed E-state index contributed by atoms with van der Waals surface area (Å²) < 4.78 is 0. The molecular weight excluding hydrogens is 182 g/mol.